The van der Waals surface area contributed by atoms with Gasteiger partial charge >= 0.3 is 29.8 Å². The SMILES string of the molecule is CC(=O)OCC(COC(C)=O)OC(=O)CC(C)CC(=O)O[C@H]1CC[C@H](N(CC(C)C)c2ccc([C@H](C)CC(=O)OC(C)(C)C)cc2Nc2cnc(Cl)cn2)CC1. The fourth-order valence-electron chi connectivity index (χ4n) is 6.43. The highest BCUT2D eigenvalue weighted by Gasteiger charge is 2.31. The molecule has 1 aliphatic rings. The topological polar surface area (TPSA) is 173 Å². The summed E-state index contributed by atoms with van der Waals surface area (Å²) in [6.45, 7) is 16.4. The van der Waals surface area contributed by atoms with E-state index < -0.39 is 35.6 Å². The molecule has 0 spiro atoms. The number of aromatic nitrogens is 2. The minimum absolute atomic E-state index is 0.0222. The van der Waals surface area contributed by atoms with Crippen LogP contribution in [0, 0.1) is 11.8 Å². The van der Waals surface area contributed by atoms with Gasteiger partial charge < -0.3 is 33.9 Å². The van der Waals surface area contributed by atoms with Crippen LogP contribution in [0.2, 0.25) is 5.15 Å². The number of nitrogens with zero attached hydrogens (tertiary/aromatic N) is 3. The summed E-state index contributed by atoms with van der Waals surface area (Å²) >= 11 is 6.03. The van der Waals surface area contributed by atoms with Crippen molar-refractivity contribution in [2.45, 2.75) is 137 Å². The van der Waals surface area contributed by atoms with Crippen molar-refractivity contribution in [3.63, 3.8) is 0 Å². The molecule has 1 aliphatic carbocycles. The molecule has 0 radical (unpaired) electrons. The maximum atomic E-state index is 13.0. The highest BCUT2D eigenvalue weighted by atomic mass is 35.5. The maximum Gasteiger partial charge on any atom is 0.306 e. The molecule has 0 amide bonds. The number of hydrogen-bond donors (Lipinski definition) is 1. The Hall–Kier alpha value is -4.46. The summed E-state index contributed by atoms with van der Waals surface area (Å²) in [7, 11) is 0. The lowest BCUT2D eigenvalue weighted by Gasteiger charge is -2.40. The number of carbonyl (C=O) groups excluding carboxylic acids is 5. The summed E-state index contributed by atoms with van der Waals surface area (Å²) in [6, 6.07) is 6.36. The van der Waals surface area contributed by atoms with Gasteiger partial charge in [-0.2, -0.15) is 0 Å². The van der Waals surface area contributed by atoms with Gasteiger partial charge in [0.2, 0.25) is 0 Å². The Balaban J connectivity index is 1.67. The van der Waals surface area contributed by atoms with E-state index in [1.54, 1.807) is 13.1 Å². The van der Waals surface area contributed by atoms with Crippen LogP contribution >= 0.6 is 11.6 Å². The van der Waals surface area contributed by atoms with Crippen molar-refractivity contribution in [2.24, 2.45) is 11.8 Å². The number of esters is 5. The van der Waals surface area contributed by atoms with E-state index in [4.69, 9.17) is 35.3 Å². The van der Waals surface area contributed by atoms with Gasteiger partial charge in [0, 0.05) is 39.3 Å². The normalized spacial score (nSPS) is 16.7. The van der Waals surface area contributed by atoms with E-state index in [0.717, 1.165) is 36.3 Å². The van der Waals surface area contributed by atoms with Crippen LogP contribution in [0.25, 0.3) is 0 Å². The maximum absolute atomic E-state index is 13.0. The fourth-order valence-corrected chi connectivity index (χ4v) is 6.53. The number of benzene rings is 1. The Morgan fingerprint density at radius 2 is 1.48 bits per heavy atom. The van der Waals surface area contributed by atoms with Gasteiger partial charge in [0.15, 0.2) is 6.10 Å². The van der Waals surface area contributed by atoms with E-state index >= 15 is 0 Å². The third kappa shape index (κ3) is 16.7. The summed E-state index contributed by atoms with van der Waals surface area (Å²) < 4.78 is 26.7. The Kier molecular flexibility index (Phi) is 17.8. The van der Waals surface area contributed by atoms with Crippen molar-refractivity contribution in [3.05, 3.63) is 41.3 Å². The predicted molar refractivity (Wildman–Crippen MR) is 212 cm³/mol. The average Bonchev–Trinajstić information content (AvgIpc) is 3.08. The number of hydrogen-bond acceptors (Lipinski definition) is 14. The molecule has 0 saturated heterocycles. The summed E-state index contributed by atoms with van der Waals surface area (Å²) in [5.74, 6) is -2.00. The summed E-state index contributed by atoms with van der Waals surface area (Å²) in [5, 5.41) is 3.73. The summed E-state index contributed by atoms with van der Waals surface area (Å²) in [4.78, 5) is 71.7. The van der Waals surface area contributed by atoms with E-state index in [9.17, 15) is 24.0 Å². The van der Waals surface area contributed by atoms with E-state index in [1.807, 2.05) is 27.7 Å². The monoisotopic (exact) mass is 802 g/mol. The van der Waals surface area contributed by atoms with Crippen molar-refractivity contribution in [2.75, 3.05) is 30.0 Å². The molecule has 2 atom stereocenters. The second-order valence-electron chi connectivity index (χ2n) is 16.0. The van der Waals surface area contributed by atoms with Crippen molar-refractivity contribution in [1.29, 1.82) is 0 Å². The molecule has 1 saturated carbocycles. The molecule has 1 aromatic heterocycles. The van der Waals surface area contributed by atoms with Gasteiger partial charge in [0.1, 0.15) is 35.9 Å². The molecule has 1 aromatic carbocycles. The van der Waals surface area contributed by atoms with Crippen molar-refractivity contribution in [1.82, 2.24) is 9.97 Å². The first kappa shape index (κ1) is 45.9. The fraction of sp³-hybridized carbons (Fsp3) is 0.634. The van der Waals surface area contributed by atoms with Crippen LogP contribution in [-0.4, -0.2) is 83.4 Å². The van der Waals surface area contributed by atoms with E-state index in [1.165, 1.54) is 20.0 Å². The summed E-state index contributed by atoms with van der Waals surface area (Å²) in [6.07, 6.45) is 4.95. The van der Waals surface area contributed by atoms with Gasteiger partial charge in [-0.15, -0.1) is 0 Å². The Morgan fingerprint density at radius 3 is 2.04 bits per heavy atom. The third-order valence-electron chi connectivity index (χ3n) is 8.89. The Bertz CT molecular complexity index is 1600. The standard InChI is InChI=1S/C41H59ClN4O10/c1-25(2)22-46(35-15-10-30(27(4)18-40(51)56-41(7,8)9)19-34(35)45-37-21-43-36(42)20-44-37)31-11-13-32(14-12-31)54-38(49)16-26(3)17-39(50)55-33(23-52-28(5)47)24-53-29(6)48/h10,15,19-21,25-27,31-33H,11-14,16-18,22-24H2,1-9H3,(H,44,45)/t26?,27-,31-,32-/m1/s1. The molecule has 0 bridgehead atoms. The average molecular weight is 803 g/mol. The molecule has 1 N–H and O–H groups in total. The molecule has 2 aromatic rings. The molecule has 56 heavy (non-hydrogen) atoms. The zero-order chi connectivity index (χ0) is 41.6. The first-order valence-electron chi connectivity index (χ1n) is 19.3. The minimum Gasteiger partial charge on any atom is -0.462 e. The van der Waals surface area contributed by atoms with Crippen LogP contribution in [0.3, 0.4) is 0 Å². The van der Waals surface area contributed by atoms with Gasteiger partial charge in [-0.25, -0.2) is 9.97 Å². The first-order chi connectivity index (χ1) is 26.3. The molecule has 15 heteroatoms. The highest BCUT2D eigenvalue weighted by molar-refractivity contribution is 6.29. The molecular weight excluding hydrogens is 744 g/mol. The zero-order valence-electron chi connectivity index (χ0n) is 34.2. The third-order valence-corrected chi connectivity index (χ3v) is 9.09. The number of halogens is 1. The van der Waals surface area contributed by atoms with Gasteiger partial charge in [0.25, 0.3) is 0 Å². The Labute approximate surface area is 335 Å². The van der Waals surface area contributed by atoms with Gasteiger partial charge in [-0.1, -0.05) is 45.4 Å². The number of carbonyl (C=O) groups is 5. The molecule has 1 unspecified atom stereocenters. The van der Waals surface area contributed by atoms with Crippen LogP contribution in [-0.2, 0) is 47.7 Å². The Morgan fingerprint density at radius 1 is 0.857 bits per heavy atom. The first-order valence-corrected chi connectivity index (χ1v) is 19.7. The lowest BCUT2D eigenvalue weighted by atomic mass is 9.90. The quantitative estimate of drug-likeness (QED) is 0.109. The lowest BCUT2D eigenvalue weighted by molar-refractivity contribution is -0.166. The highest BCUT2D eigenvalue weighted by Crippen LogP contribution is 2.38. The van der Waals surface area contributed by atoms with Crippen LogP contribution < -0.4 is 10.2 Å². The van der Waals surface area contributed by atoms with E-state index in [-0.39, 0.29) is 67.6 Å². The van der Waals surface area contributed by atoms with Crippen LogP contribution in [0.15, 0.2) is 30.6 Å². The van der Waals surface area contributed by atoms with Crippen LogP contribution in [0.1, 0.15) is 119 Å². The lowest BCUT2D eigenvalue weighted by Crippen LogP contribution is -2.42. The number of rotatable bonds is 19. The van der Waals surface area contributed by atoms with Crippen molar-refractivity contribution >= 4 is 58.6 Å². The van der Waals surface area contributed by atoms with Crippen LogP contribution in [0.5, 0.6) is 0 Å². The van der Waals surface area contributed by atoms with Crippen LogP contribution in [0.4, 0.5) is 17.2 Å². The van der Waals surface area contributed by atoms with Gasteiger partial charge in [-0.3, -0.25) is 24.0 Å². The minimum atomic E-state index is -0.955. The number of ether oxygens (including phenoxy) is 5. The smallest absolute Gasteiger partial charge is 0.306 e. The molecule has 3 rings (SSSR count). The van der Waals surface area contributed by atoms with E-state index in [0.29, 0.717) is 24.6 Å². The molecule has 1 fully saturated rings. The van der Waals surface area contributed by atoms with Crippen molar-refractivity contribution < 1.29 is 47.7 Å². The molecule has 14 nitrogen and oxygen atoms in total. The molecule has 1 heterocycles. The van der Waals surface area contributed by atoms with Gasteiger partial charge in [-0.05, 0) is 81.9 Å². The van der Waals surface area contributed by atoms with E-state index in [2.05, 4.69) is 52.2 Å². The molecule has 310 valence electrons. The number of nitrogens with one attached hydrogen (secondary N) is 1. The zero-order valence-corrected chi connectivity index (χ0v) is 35.0. The molecule has 0 aliphatic heterocycles. The molecular formula is C41H59ClN4O10. The second-order valence-corrected chi connectivity index (χ2v) is 16.4. The van der Waals surface area contributed by atoms with Gasteiger partial charge in [0.05, 0.1) is 30.2 Å². The second kappa shape index (κ2) is 21.7. The van der Waals surface area contributed by atoms with Crippen molar-refractivity contribution in [3.8, 4) is 0 Å². The number of anilines is 3. The summed E-state index contributed by atoms with van der Waals surface area (Å²) in [5.41, 5.74) is 2.20. The predicted octanol–water partition coefficient (Wildman–Crippen LogP) is 7.48. The largest absolute Gasteiger partial charge is 0.462 e.